The number of aryl methyl sites for hydroxylation is 1. The third-order valence-electron chi connectivity index (χ3n) is 13.1. The molecular weight excluding hydrogens is 892 g/mol. The van der Waals surface area contributed by atoms with Crippen molar-refractivity contribution in [3.63, 3.8) is 0 Å². The molecule has 2 aliphatic carbocycles. The van der Waals surface area contributed by atoms with E-state index in [1.54, 1.807) is 39.9 Å². The highest BCUT2D eigenvalue weighted by Crippen LogP contribution is 2.60. The van der Waals surface area contributed by atoms with Crippen LogP contribution >= 0.6 is 15.9 Å². The van der Waals surface area contributed by atoms with E-state index in [9.17, 15) is 28.0 Å². The number of benzene rings is 2. The van der Waals surface area contributed by atoms with Crippen LogP contribution in [0.4, 0.5) is 14.5 Å². The van der Waals surface area contributed by atoms with Gasteiger partial charge in [-0.05, 0) is 61.8 Å². The van der Waals surface area contributed by atoms with Crippen LogP contribution in [0.1, 0.15) is 95.4 Å². The molecule has 2 saturated heterocycles. The Kier molecular flexibility index (Phi) is 12.9. The normalized spacial score (nSPS) is 21.1. The lowest BCUT2D eigenvalue weighted by atomic mass is 9.86. The number of aromatic amines is 1. The zero-order valence-corrected chi connectivity index (χ0v) is 37.6. The van der Waals surface area contributed by atoms with Gasteiger partial charge in [0.15, 0.2) is 5.69 Å². The number of nitrogens with zero attached hydrogens (tertiary/aromatic N) is 6. The maximum Gasteiger partial charge on any atom is 0.276 e. The monoisotopic (exact) mass is 943 g/mol. The van der Waals surface area contributed by atoms with Crippen LogP contribution in [0.2, 0.25) is 0 Å². The zero-order valence-electron chi connectivity index (χ0n) is 36.0. The average molecular weight is 945 g/mol. The van der Waals surface area contributed by atoms with Crippen molar-refractivity contribution in [3.05, 3.63) is 117 Å². The number of likely N-dealkylation sites (tertiary alicyclic amines) is 2. The van der Waals surface area contributed by atoms with Crippen LogP contribution in [-0.4, -0.2) is 102 Å². The molecule has 2 aromatic carbocycles. The number of rotatable bonds is 13. The topological polar surface area (TPSA) is 192 Å². The van der Waals surface area contributed by atoms with Crippen LogP contribution in [-0.2, 0) is 27.2 Å². The molecule has 3 fully saturated rings. The third-order valence-corrected chi connectivity index (χ3v) is 13.6. The smallest absolute Gasteiger partial charge is 0.276 e. The molecule has 6 unspecified atom stereocenters. The van der Waals surface area contributed by atoms with Crippen LogP contribution in [0.5, 0.6) is 0 Å². The summed E-state index contributed by atoms with van der Waals surface area (Å²) in [5, 5.41) is 28.6. The van der Waals surface area contributed by atoms with Gasteiger partial charge in [-0.25, -0.2) is 8.78 Å². The van der Waals surface area contributed by atoms with Crippen molar-refractivity contribution in [2.24, 2.45) is 23.7 Å². The summed E-state index contributed by atoms with van der Waals surface area (Å²) < 4.78 is 36.5. The molecule has 338 valence electrons. The van der Waals surface area contributed by atoms with Crippen molar-refractivity contribution in [1.82, 2.24) is 40.3 Å². The Bertz CT molecular complexity index is 2480. The maximum absolute atomic E-state index is 14.2. The summed E-state index contributed by atoms with van der Waals surface area (Å²) in [6, 6.07) is 17.4. The molecule has 64 heavy (non-hydrogen) atoms. The number of hydrogen-bond acceptors (Lipinski definition) is 9. The van der Waals surface area contributed by atoms with Gasteiger partial charge in [0.05, 0.1) is 36.1 Å². The van der Waals surface area contributed by atoms with Gasteiger partial charge in [-0.3, -0.25) is 29.0 Å². The van der Waals surface area contributed by atoms with Crippen molar-refractivity contribution < 1.29 is 37.6 Å². The van der Waals surface area contributed by atoms with Gasteiger partial charge in [0.2, 0.25) is 17.7 Å². The first-order valence-corrected chi connectivity index (χ1v) is 22.4. The van der Waals surface area contributed by atoms with Crippen molar-refractivity contribution >= 4 is 45.2 Å². The van der Waals surface area contributed by atoms with Gasteiger partial charge >= 0.3 is 0 Å². The maximum atomic E-state index is 14.2. The largest absolute Gasteiger partial charge is 0.400 e. The first kappa shape index (κ1) is 44.8. The van der Waals surface area contributed by atoms with Gasteiger partial charge in [0.1, 0.15) is 17.7 Å². The van der Waals surface area contributed by atoms with E-state index in [2.05, 4.69) is 47.0 Å². The highest BCUT2D eigenvalue weighted by atomic mass is 79.9. The number of halogens is 3. The lowest BCUT2D eigenvalue weighted by Gasteiger charge is -2.44. The van der Waals surface area contributed by atoms with E-state index in [0.717, 1.165) is 22.7 Å². The minimum absolute atomic E-state index is 0.0105. The number of fused-ring (bicyclic) bond motifs is 2. The molecule has 0 spiro atoms. The number of anilines is 1. The zero-order chi connectivity index (χ0) is 45.4. The quantitative estimate of drug-likeness (QED) is 0.106. The van der Waals surface area contributed by atoms with Crippen LogP contribution < -0.4 is 10.6 Å². The first-order valence-electron chi connectivity index (χ1n) is 21.6. The van der Waals surface area contributed by atoms with Crippen LogP contribution in [0, 0.1) is 30.6 Å². The highest BCUT2D eigenvalue weighted by molar-refractivity contribution is 9.10. The SMILES string of the molecule is CO.Cc1cc(C(C(=O)N2CCCC2C(=O)NC(CC(=O)N2CC(C(c3ccccc3)n3cc(NC(=O)c4n[nH]c5c4CC4C(C5)C4(F)F)cn3)C2)c2ccc(Br)cc2)C(C)C)on1. The molecule has 9 rings (SSSR count). The summed E-state index contributed by atoms with van der Waals surface area (Å²) in [6.45, 7) is 6.99. The molecule has 18 heteroatoms. The molecule has 6 atom stereocenters. The Balaban J connectivity index is 0.00000276. The Hall–Kier alpha value is -5.75. The third kappa shape index (κ3) is 8.86. The summed E-state index contributed by atoms with van der Waals surface area (Å²) in [5.74, 6) is -5.52. The van der Waals surface area contributed by atoms with E-state index in [4.69, 9.17) is 9.63 Å². The van der Waals surface area contributed by atoms with E-state index in [1.807, 2.05) is 68.4 Å². The molecule has 1 saturated carbocycles. The number of amides is 4. The Morgan fingerprint density at radius 1 is 1.02 bits per heavy atom. The van der Waals surface area contributed by atoms with Gasteiger partial charge in [0.25, 0.3) is 11.8 Å². The van der Waals surface area contributed by atoms with Crippen molar-refractivity contribution in [1.29, 1.82) is 0 Å². The van der Waals surface area contributed by atoms with Crippen LogP contribution in [0.25, 0.3) is 0 Å². The number of aliphatic hydroxyl groups is 1. The van der Waals surface area contributed by atoms with Crippen molar-refractivity contribution in [2.45, 2.75) is 82.8 Å². The number of H-pyrrole nitrogens is 1. The number of alkyl halides is 2. The molecule has 2 aliphatic heterocycles. The predicted octanol–water partition coefficient (Wildman–Crippen LogP) is 6.23. The van der Waals surface area contributed by atoms with Gasteiger partial charge < -0.3 is 30.1 Å². The fourth-order valence-electron chi connectivity index (χ4n) is 9.65. The van der Waals surface area contributed by atoms with Gasteiger partial charge in [-0.15, -0.1) is 0 Å². The number of aliphatic hydroxyl groups excluding tert-OH is 1. The summed E-state index contributed by atoms with van der Waals surface area (Å²) in [4.78, 5) is 59.0. The van der Waals surface area contributed by atoms with E-state index < -0.39 is 41.7 Å². The molecule has 0 radical (unpaired) electrons. The van der Waals surface area contributed by atoms with E-state index in [0.29, 0.717) is 60.9 Å². The second kappa shape index (κ2) is 18.4. The molecule has 4 N–H and O–H groups in total. The second-order valence-electron chi connectivity index (χ2n) is 17.5. The molecule has 15 nitrogen and oxygen atoms in total. The highest BCUT2D eigenvalue weighted by Gasteiger charge is 2.69. The summed E-state index contributed by atoms with van der Waals surface area (Å²) in [6.07, 6.45) is 4.74. The molecular formula is C46H52BrF2N9O6. The summed E-state index contributed by atoms with van der Waals surface area (Å²) in [5.41, 5.74) is 4.09. The number of aromatic nitrogens is 5. The molecule has 5 heterocycles. The minimum atomic E-state index is -2.71. The standard InChI is InChI=1S/C45H48BrF2N9O5.CH4O/c1-24(2)39(37-16-25(3)54-62-37)44(61)56-15-7-10-36(56)42(59)51-34(26-11-13-29(46)14-12-26)19-38(58)55-21-28(22-55)41(27-8-5-4-6-9-27)57-23-30(20-49-57)50-43(60)40-31-17-32-33(45(32,47)48)18-35(31)52-53-40;1-2/h4-6,8-9,11-14,16,20,23-24,28,32-34,36,39,41H,7,10,15,17-19,21-22H2,1-3H3,(H,50,60)(H,51,59)(H,52,53);2H,1H3. The van der Waals surface area contributed by atoms with Crippen molar-refractivity contribution in [3.8, 4) is 0 Å². The number of carbonyl (C=O) groups excluding carboxylic acids is 4. The van der Waals surface area contributed by atoms with Gasteiger partial charge in [-0.2, -0.15) is 10.2 Å². The number of hydrogen-bond donors (Lipinski definition) is 4. The molecule has 5 aromatic rings. The van der Waals surface area contributed by atoms with Crippen LogP contribution in [0.3, 0.4) is 0 Å². The Morgan fingerprint density at radius 2 is 1.73 bits per heavy atom. The molecule has 3 aromatic heterocycles. The summed E-state index contributed by atoms with van der Waals surface area (Å²) >= 11 is 3.49. The van der Waals surface area contributed by atoms with Crippen molar-refractivity contribution in [2.75, 3.05) is 32.1 Å². The molecule has 4 amide bonds. The fraction of sp³-hybridized carbons (Fsp3) is 0.457. The fourth-order valence-corrected chi connectivity index (χ4v) is 9.92. The molecule has 0 bridgehead atoms. The molecule has 4 aliphatic rings. The van der Waals surface area contributed by atoms with Gasteiger partial charge in [0, 0.05) is 72.5 Å². The van der Waals surface area contributed by atoms with E-state index >= 15 is 0 Å². The first-order chi connectivity index (χ1) is 30.8. The second-order valence-corrected chi connectivity index (χ2v) is 18.4. The lowest BCUT2D eigenvalue weighted by Crippen LogP contribution is -2.54. The minimum Gasteiger partial charge on any atom is -0.400 e. The number of nitrogens with one attached hydrogen (secondary N) is 3. The van der Waals surface area contributed by atoms with Gasteiger partial charge in [-0.1, -0.05) is 77.4 Å². The van der Waals surface area contributed by atoms with Crippen LogP contribution in [0.15, 0.2) is 82.1 Å². The van der Waals surface area contributed by atoms with E-state index in [-0.39, 0.29) is 60.6 Å². The Labute approximate surface area is 377 Å². The number of carbonyl (C=O) groups is 4. The van der Waals surface area contributed by atoms with E-state index in [1.165, 1.54) is 0 Å². The lowest BCUT2D eigenvalue weighted by molar-refractivity contribution is -0.142. The summed E-state index contributed by atoms with van der Waals surface area (Å²) in [7, 11) is 1.00. The predicted molar refractivity (Wildman–Crippen MR) is 234 cm³/mol. The Morgan fingerprint density at radius 3 is 2.42 bits per heavy atom. The average Bonchev–Trinajstić information content (AvgIpc) is 3.97.